The second-order valence-corrected chi connectivity index (χ2v) is 5.14. The molecule has 0 radical (unpaired) electrons. The Labute approximate surface area is 105 Å². The van der Waals surface area contributed by atoms with Crippen molar-refractivity contribution in [2.45, 2.75) is 46.5 Å². The first-order valence-corrected chi connectivity index (χ1v) is 6.68. The Morgan fingerprint density at radius 1 is 1.18 bits per heavy atom. The van der Waals surface area contributed by atoms with Crippen LogP contribution < -0.4 is 0 Å². The summed E-state index contributed by atoms with van der Waals surface area (Å²) in [5, 5.41) is 0. The highest BCUT2D eigenvalue weighted by Crippen LogP contribution is 2.31. The SMILES string of the molecule is CCCCC1=CCC(C2=CC(=C(C)C)C=C2)=C1. The van der Waals surface area contributed by atoms with Gasteiger partial charge in [0.1, 0.15) is 0 Å². The Hall–Kier alpha value is -1.30. The van der Waals surface area contributed by atoms with E-state index in [1.165, 1.54) is 47.1 Å². The van der Waals surface area contributed by atoms with Crippen molar-refractivity contribution in [2.24, 2.45) is 0 Å². The highest BCUT2D eigenvalue weighted by Gasteiger charge is 2.12. The molecule has 0 amide bonds. The summed E-state index contributed by atoms with van der Waals surface area (Å²) >= 11 is 0. The molecule has 0 nitrogen and oxygen atoms in total. The van der Waals surface area contributed by atoms with Gasteiger partial charge in [0.05, 0.1) is 0 Å². The normalized spacial score (nSPS) is 18.3. The number of hydrogen-bond donors (Lipinski definition) is 0. The molecular formula is C17H22. The first-order valence-electron chi connectivity index (χ1n) is 6.68. The summed E-state index contributed by atoms with van der Waals surface area (Å²) < 4.78 is 0. The van der Waals surface area contributed by atoms with E-state index in [2.05, 4.69) is 51.2 Å². The van der Waals surface area contributed by atoms with Crippen LogP contribution in [0.4, 0.5) is 0 Å². The quantitative estimate of drug-likeness (QED) is 0.613. The van der Waals surface area contributed by atoms with Crippen molar-refractivity contribution in [2.75, 3.05) is 0 Å². The van der Waals surface area contributed by atoms with Gasteiger partial charge in [0.25, 0.3) is 0 Å². The first-order chi connectivity index (χ1) is 8.20. The van der Waals surface area contributed by atoms with Crippen LogP contribution in [0.5, 0.6) is 0 Å². The minimum atomic E-state index is 1.12. The summed E-state index contributed by atoms with van der Waals surface area (Å²) in [6.07, 6.45) is 16.5. The number of rotatable bonds is 4. The number of unbranched alkanes of at least 4 members (excludes halogenated alkanes) is 1. The molecule has 0 unspecified atom stereocenters. The molecule has 2 aliphatic carbocycles. The Morgan fingerprint density at radius 3 is 2.65 bits per heavy atom. The van der Waals surface area contributed by atoms with Crippen LogP contribution in [0.25, 0.3) is 0 Å². The topological polar surface area (TPSA) is 0 Å². The van der Waals surface area contributed by atoms with Crippen LogP contribution in [0.1, 0.15) is 46.5 Å². The third-order valence-corrected chi connectivity index (χ3v) is 3.46. The van der Waals surface area contributed by atoms with Crippen molar-refractivity contribution in [3.8, 4) is 0 Å². The predicted octanol–water partition coefficient (Wildman–Crippen LogP) is 5.27. The van der Waals surface area contributed by atoms with Crippen LogP contribution in [-0.4, -0.2) is 0 Å². The van der Waals surface area contributed by atoms with Gasteiger partial charge in [0.2, 0.25) is 0 Å². The first kappa shape index (κ1) is 12.2. The molecule has 0 bridgehead atoms. The predicted molar refractivity (Wildman–Crippen MR) is 75.9 cm³/mol. The van der Waals surface area contributed by atoms with Gasteiger partial charge in [0, 0.05) is 0 Å². The molecule has 17 heavy (non-hydrogen) atoms. The van der Waals surface area contributed by atoms with E-state index in [1.807, 2.05) is 0 Å². The highest BCUT2D eigenvalue weighted by atomic mass is 14.2. The van der Waals surface area contributed by atoms with Crippen molar-refractivity contribution in [1.82, 2.24) is 0 Å². The van der Waals surface area contributed by atoms with Crippen LogP contribution in [-0.2, 0) is 0 Å². The van der Waals surface area contributed by atoms with E-state index >= 15 is 0 Å². The van der Waals surface area contributed by atoms with Gasteiger partial charge in [-0.15, -0.1) is 0 Å². The van der Waals surface area contributed by atoms with Crippen LogP contribution in [0, 0.1) is 0 Å². The van der Waals surface area contributed by atoms with Crippen molar-refractivity contribution in [3.63, 3.8) is 0 Å². The molecule has 0 atom stereocenters. The van der Waals surface area contributed by atoms with Gasteiger partial charge in [-0.25, -0.2) is 0 Å². The Balaban J connectivity index is 2.06. The third-order valence-electron chi connectivity index (χ3n) is 3.46. The van der Waals surface area contributed by atoms with E-state index < -0.39 is 0 Å². The lowest BCUT2D eigenvalue weighted by Gasteiger charge is -1.99. The van der Waals surface area contributed by atoms with E-state index in [9.17, 15) is 0 Å². The molecule has 0 saturated heterocycles. The van der Waals surface area contributed by atoms with Gasteiger partial charge in [0.15, 0.2) is 0 Å². The monoisotopic (exact) mass is 226 g/mol. The second-order valence-electron chi connectivity index (χ2n) is 5.14. The molecule has 2 rings (SSSR count). The molecule has 2 aliphatic rings. The molecule has 90 valence electrons. The largest absolute Gasteiger partial charge is 0.0769 e. The third kappa shape index (κ3) is 2.88. The molecule has 0 aromatic rings. The van der Waals surface area contributed by atoms with Crippen molar-refractivity contribution < 1.29 is 0 Å². The second kappa shape index (κ2) is 5.35. The van der Waals surface area contributed by atoms with Gasteiger partial charge >= 0.3 is 0 Å². The van der Waals surface area contributed by atoms with Crippen LogP contribution in [0.3, 0.4) is 0 Å². The summed E-state index contributed by atoms with van der Waals surface area (Å²) in [7, 11) is 0. The van der Waals surface area contributed by atoms with Crippen LogP contribution >= 0.6 is 0 Å². The molecule has 0 N–H and O–H groups in total. The summed E-state index contributed by atoms with van der Waals surface area (Å²) in [6.45, 7) is 6.60. The molecule has 0 spiro atoms. The minimum absolute atomic E-state index is 1.12. The molecule has 0 heterocycles. The Bertz CT molecular complexity index is 446. The minimum Gasteiger partial charge on any atom is -0.0769 e. The van der Waals surface area contributed by atoms with Crippen molar-refractivity contribution in [1.29, 1.82) is 0 Å². The summed E-state index contributed by atoms with van der Waals surface area (Å²) in [4.78, 5) is 0. The molecule has 0 saturated carbocycles. The zero-order valence-corrected chi connectivity index (χ0v) is 11.2. The average molecular weight is 226 g/mol. The van der Waals surface area contributed by atoms with Gasteiger partial charge < -0.3 is 0 Å². The van der Waals surface area contributed by atoms with E-state index in [0.717, 1.165) is 6.42 Å². The maximum Gasteiger partial charge on any atom is -0.00856 e. The van der Waals surface area contributed by atoms with Crippen LogP contribution in [0.15, 0.2) is 58.2 Å². The highest BCUT2D eigenvalue weighted by molar-refractivity contribution is 5.58. The molecule has 0 fully saturated rings. The van der Waals surface area contributed by atoms with E-state index in [-0.39, 0.29) is 0 Å². The van der Waals surface area contributed by atoms with Crippen molar-refractivity contribution in [3.05, 3.63) is 58.2 Å². The molecule has 0 aromatic carbocycles. The Morgan fingerprint density at radius 2 is 2.00 bits per heavy atom. The zero-order chi connectivity index (χ0) is 12.3. The maximum absolute atomic E-state index is 2.39. The number of hydrogen-bond acceptors (Lipinski definition) is 0. The fourth-order valence-corrected chi connectivity index (χ4v) is 2.29. The fraction of sp³-hybridized carbons (Fsp3) is 0.412. The summed E-state index contributed by atoms with van der Waals surface area (Å²) in [5.41, 5.74) is 7.20. The lowest BCUT2D eigenvalue weighted by Crippen LogP contribution is -1.80. The van der Waals surface area contributed by atoms with Crippen LogP contribution in [0.2, 0.25) is 0 Å². The fourth-order valence-electron chi connectivity index (χ4n) is 2.29. The molecular weight excluding hydrogens is 204 g/mol. The summed E-state index contributed by atoms with van der Waals surface area (Å²) in [6, 6.07) is 0. The van der Waals surface area contributed by atoms with E-state index in [4.69, 9.17) is 0 Å². The smallest absolute Gasteiger partial charge is 0.00856 e. The van der Waals surface area contributed by atoms with Gasteiger partial charge in [-0.05, 0) is 55.9 Å². The Kier molecular flexibility index (Phi) is 3.83. The van der Waals surface area contributed by atoms with Gasteiger partial charge in [-0.3, -0.25) is 0 Å². The van der Waals surface area contributed by atoms with E-state index in [0.29, 0.717) is 0 Å². The van der Waals surface area contributed by atoms with Gasteiger partial charge in [-0.2, -0.15) is 0 Å². The van der Waals surface area contributed by atoms with E-state index in [1.54, 1.807) is 0 Å². The summed E-state index contributed by atoms with van der Waals surface area (Å²) in [5.74, 6) is 0. The zero-order valence-electron chi connectivity index (χ0n) is 11.2. The lowest BCUT2D eigenvalue weighted by molar-refractivity contribution is 0.798. The molecule has 0 heteroatoms. The molecule has 0 aromatic heterocycles. The lowest BCUT2D eigenvalue weighted by atomic mass is 10.1. The molecule has 0 aliphatic heterocycles. The maximum atomic E-state index is 2.39. The van der Waals surface area contributed by atoms with Crippen molar-refractivity contribution >= 4 is 0 Å². The number of allylic oxidation sites excluding steroid dienone is 10. The average Bonchev–Trinajstić information content (AvgIpc) is 2.94. The van der Waals surface area contributed by atoms with Gasteiger partial charge in [-0.1, -0.05) is 48.8 Å². The standard InChI is InChI=1S/C17H22/c1-4-5-6-14-7-8-16(11-14)17-10-9-15(12-17)13(2)3/h7,9-12H,4-6,8H2,1-3H3.